The van der Waals surface area contributed by atoms with E-state index < -0.39 is 0 Å². The molecule has 0 saturated heterocycles. The number of aromatic nitrogens is 3. The Morgan fingerprint density at radius 3 is 2.86 bits per heavy atom. The SMILES string of the molecule is COc1ccc(Cl)cc1-c1nc(SC(C)C(=O)N2CCc3ccccc3C2)n[nH]1. The smallest absolute Gasteiger partial charge is 0.236 e. The van der Waals surface area contributed by atoms with Crippen LogP contribution < -0.4 is 4.74 Å². The molecule has 1 N–H and O–H groups in total. The summed E-state index contributed by atoms with van der Waals surface area (Å²) in [6, 6.07) is 13.6. The van der Waals surface area contributed by atoms with Crippen molar-refractivity contribution < 1.29 is 9.53 Å². The topological polar surface area (TPSA) is 71.1 Å². The van der Waals surface area contributed by atoms with E-state index in [9.17, 15) is 4.79 Å². The van der Waals surface area contributed by atoms with E-state index in [0.717, 1.165) is 18.5 Å². The summed E-state index contributed by atoms with van der Waals surface area (Å²) in [5, 5.41) is 7.98. The highest BCUT2D eigenvalue weighted by molar-refractivity contribution is 8.00. The molecule has 2 aromatic carbocycles. The first-order valence-electron chi connectivity index (χ1n) is 9.33. The van der Waals surface area contributed by atoms with Crippen molar-refractivity contribution in [1.29, 1.82) is 0 Å². The molecule has 150 valence electrons. The molecule has 0 spiro atoms. The van der Waals surface area contributed by atoms with Crippen LogP contribution in [0, 0.1) is 0 Å². The second-order valence-electron chi connectivity index (χ2n) is 6.85. The van der Waals surface area contributed by atoms with Crippen molar-refractivity contribution in [3.05, 3.63) is 58.6 Å². The Morgan fingerprint density at radius 2 is 2.07 bits per heavy atom. The van der Waals surface area contributed by atoms with Gasteiger partial charge in [-0.25, -0.2) is 4.98 Å². The van der Waals surface area contributed by atoms with Crippen LogP contribution in [0.15, 0.2) is 47.6 Å². The van der Waals surface area contributed by atoms with Gasteiger partial charge in [-0.05, 0) is 42.7 Å². The van der Waals surface area contributed by atoms with Crippen molar-refractivity contribution in [3.63, 3.8) is 0 Å². The fourth-order valence-corrected chi connectivity index (χ4v) is 4.41. The molecule has 4 rings (SSSR count). The lowest BCUT2D eigenvalue weighted by molar-refractivity contribution is -0.131. The second kappa shape index (κ2) is 8.47. The number of rotatable bonds is 5. The van der Waals surface area contributed by atoms with Crippen molar-refractivity contribution >= 4 is 29.3 Å². The molecule has 1 amide bonds. The Balaban J connectivity index is 1.45. The van der Waals surface area contributed by atoms with Crippen molar-refractivity contribution in [2.45, 2.75) is 30.3 Å². The van der Waals surface area contributed by atoms with Gasteiger partial charge in [0.2, 0.25) is 11.1 Å². The zero-order valence-corrected chi connectivity index (χ0v) is 17.8. The number of methoxy groups -OCH3 is 1. The van der Waals surface area contributed by atoms with Crippen LogP contribution in [0.5, 0.6) is 5.75 Å². The number of nitrogens with zero attached hydrogens (tertiary/aromatic N) is 3. The maximum atomic E-state index is 12.9. The third-order valence-electron chi connectivity index (χ3n) is 4.95. The number of amides is 1. The van der Waals surface area contributed by atoms with Gasteiger partial charge in [0, 0.05) is 18.1 Å². The molecule has 6 nitrogen and oxygen atoms in total. The molecule has 1 atom stereocenters. The summed E-state index contributed by atoms with van der Waals surface area (Å²) in [6.45, 7) is 3.28. The number of nitrogens with one attached hydrogen (secondary N) is 1. The summed E-state index contributed by atoms with van der Waals surface area (Å²) in [5.74, 6) is 1.30. The first-order valence-corrected chi connectivity index (χ1v) is 10.6. The van der Waals surface area contributed by atoms with Gasteiger partial charge in [-0.15, -0.1) is 5.10 Å². The molecule has 1 aliphatic heterocycles. The predicted octanol–water partition coefficient (Wildman–Crippen LogP) is 4.20. The van der Waals surface area contributed by atoms with E-state index in [0.29, 0.717) is 28.3 Å². The molecular weight excluding hydrogens is 408 g/mol. The van der Waals surface area contributed by atoms with E-state index in [4.69, 9.17) is 16.3 Å². The molecule has 0 bridgehead atoms. The Labute approximate surface area is 178 Å². The van der Waals surface area contributed by atoms with Crippen LogP contribution in [-0.2, 0) is 17.8 Å². The maximum Gasteiger partial charge on any atom is 0.236 e. The molecule has 2 heterocycles. The van der Waals surface area contributed by atoms with Gasteiger partial charge in [-0.3, -0.25) is 9.89 Å². The van der Waals surface area contributed by atoms with Gasteiger partial charge in [0.25, 0.3) is 0 Å². The minimum absolute atomic E-state index is 0.0937. The fraction of sp³-hybridized carbons (Fsp3) is 0.286. The van der Waals surface area contributed by atoms with Gasteiger partial charge < -0.3 is 9.64 Å². The first-order chi connectivity index (χ1) is 14.0. The number of carbonyl (C=O) groups excluding carboxylic acids is 1. The number of hydrogen-bond acceptors (Lipinski definition) is 5. The van der Waals surface area contributed by atoms with Crippen LogP contribution in [-0.4, -0.2) is 44.9 Å². The molecular formula is C21H21ClN4O2S. The van der Waals surface area contributed by atoms with E-state index in [2.05, 4.69) is 27.3 Å². The fourth-order valence-electron chi connectivity index (χ4n) is 3.43. The zero-order valence-electron chi connectivity index (χ0n) is 16.2. The summed E-state index contributed by atoms with van der Waals surface area (Å²) in [4.78, 5) is 19.4. The van der Waals surface area contributed by atoms with Crippen LogP contribution in [0.1, 0.15) is 18.1 Å². The van der Waals surface area contributed by atoms with Crippen molar-refractivity contribution in [2.24, 2.45) is 0 Å². The van der Waals surface area contributed by atoms with Gasteiger partial charge >= 0.3 is 0 Å². The number of halogens is 1. The Kier molecular flexibility index (Phi) is 5.78. The summed E-state index contributed by atoms with van der Waals surface area (Å²) in [5.41, 5.74) is 3.27. The summed E-state index contributed by atoms with van der Waals surface area (Å²) >= 11 is 7.45. The highest BCUT2D eigenvalue weighted by atomic mass is 35.5. The molecule has 0 saturated carbocycles. The minimum Gasteiger partial charge on any atom is -0.496 e. The van der Waals surface area contributed by atoms with Crippen LogP contribution in [0.3, 0.4) is 0 Å². The van der Waals surface area contributed by atoms with E-state index in [1.54, 1.807) is 25.3 Å². The highest BCUT2D eigenvalue weighted by Crippen LogP contribution is 2.32. The van der Waals surface area contributed by atoms with Crippen molar-refractivity contribution in [3.8, 4) is 17.1 Å². The summed E-state index contributed by atoms with van der Waals surface area (Å²) < 4.78 is 5.38. The van der Waals surface area contributed by atoms with E-state index in [1.807, 2.05) is 24.0 Å². The summed E-state index contributed by atoms with van der Waals surface area (Å²) in [6.07, 6.45) is 0.888. The normalized spacial score (nSPS) is 14.4. The molecule has 1 aliphatic rings. The third kappa shape index (κ3) is 4.26. The molecule has 1 unspecified atom stereocenters. The standard InChI is InChI=1S/C21H21ClN4O2S/c1-13(20(27)26-10-9-14-5-3-4-6-15(14)12-26)29-21-23-19(24-25-21)17-11-16(22)7-8-18(17)28-2/h3-8,11,13H,9-10,12H2,1-2H3,(H,23,24,25). The van der Waals surface area contributed by atoms with Gasteiger partial charge in [0.15, 0.2) is 5.82 Å². The molecule has 0 aliphatic carbocycles. The number of fused-ring (bicyclic) bond motifs is 1. The largest absolute Gasteiger partial charge is 0.496 e. The van der Waals surface area contributed by atoms with Gasteiger partial charge in [-0.1, -0.05) is 47.6 Å². The average molecular weight is 429 g/mol. The van der Waals surface area contributed by atoms with Crippen LogP contribution in [0.2, 0.25) is 5.02 Å². The Hall–Kier alpha value is -2.51. The van der Waals surface area contributed by atoms with Gasteiger partial charge in [-0.2, -0.15) is 0 Å². The summed E-state index contributed by atoms with van der Waals surface area (Å²) in [7, 11) is 1.59. The number of ether oxygens (including phenoxy) is 1. The Bertz CT molecular complexity index is 1040. The van der Waals surface area contributed by atoms with E-state index >= 15 is 0 Å². The highest BCUT2D eigenvalue weighted by Gasteiger charge is 2.26. The zero-order chi connectivity index (χ0) is 20.4. The van der Waals surface area contributed by atoms with Crippen LogP contribution in [0.25, 0.3) is 11.4 Å². The van der Waals surface area contributed by atoms with E-state index in [-0.39, 0.29) is 11.2 Å². The quantitative estimate of drug-likeness (QED) is 0.616. The minimum atomic E-state index is -0.287. The molecule has 8 heteroatoms. The lowest BCUT2D eigenvalue weighted by atomic mass is 10.00. The van der Waals surface area contributed by atoms with Crippen LogP contribution in [0.4, 0.5) is 0 Å². The molecule has 3 aromatic rings. The third-order valence-corrected chi connectivity index (χ3v) is 6.14. The maximum absolute atomic E-state index is 12.9. The Morgan fingerprint density at radius 1 is 1.28 bits per heavy atom. The molecule has 0 fully saturated rings. The lowest BCUT2D eigenvalue weighted by Gasteiger charge is -2.30. The number of aromatic amines is 1. The van der Waals surface area contributed by atoms with Gasteiger partial charge in [0.05, 0.1) is 17.9 Å². The molecule has 1 aromatic heterocycles. The molecule has 29 heavy (non-hydrogen) atoms. The number of H-pyrrole nitrogens is 1. The average Bonchev–Trinajstić information content (AvgIpc) is 3.21. The second-order valence-corrected chi connectivity index (χ2v) is 8.59. The number of benzene rings is 2. The lowest BCUT2D eigenvalue weighted by Crippen LogP contribution is -2.40. The van der Waals surface area contributed by atoms with Crippen LogP contribution >= 0.6 is 23.4 Å². The number of thioether (sulfide) groups is 1. The van der Waals surface area contributed by atoms with Gasteiger partial charge in [0.1, 0.15) is 5.75 Å². The molecule has 0 radical (unpaired) electrons. The van der Waals surface area contributed by atoms with Crippen molar-refractivity contribution in [2.75, 3.05) is 13.7 Å². The number of carbonyl (C=O) groups is 1. The van der Waals surface area contributed by atoms with E-state index in [1.165, 1.54) is 22.9 Å². The predicted molar refractivity (Wildman–Crippen MR) is 114 cm³/mol. The number of hydrogen-bond donors (Lipinski definition) is 1. The monoisotopic (exact) mass is 428 g/mol. The van der Waals surface area contributed by atoms with Crippen molar-refractivity contribution in [1.82, 2.24) is 20.1 Å². The first kappa shape index (κ1) is 19.8.